The van der Waals surface area contributed by atoms with Crippen molar-refractivity contribution in [3.05, 3.63) is 65.2 Å². The van der Waals surface area contributed by atoms with Gasteiger partial charge in [0.1, 0.15) is 17.4 Å². The summed E-state index contributed by atoms with van der Waals surface area (Å²) in [6.45, 7) is 10.8. The van der Waals surface area contributed by atoms with Gasteiger partial charge in [0.05, 0.1) is 6.54 Å². The maximum atomic E-state index is 13.6. The fraction of sp³-hybridized carbons (Fsp3) is 0.423. The van der Waals surface area contributed by atoms with Crippen LogP contribution in [-0.2, 0) is 16.1 Å². The average molecular weight is 470 g/mol. The molecule has 0 bridgehead atoms. The summed E-state index contributed by atoms with van der Waals surface area (Å²) in [5, 5.41) is 13.9. The molecule has 0 saturated heterocycles. The Kier molecular flexibility index (Phi) is 9.06. The Bertz CT molecular complexity index is 999. The molecule has 2 rings (SSSR count). The SMILES string of the molecule is Cc1c(O)cccc1C(=O)N[C@@H](CC(C)C)C(=O)N(Cc1ccccc1)NC(=O)OC(C)(C)C. The standard InChI is InChI=1S/C26H35N3O5/c1-17(2)15-21(27-23(31)20-13-10-14-22(30)18(20)3)24(32)29(16-19-11-8-7-9-12-19)28-25(33)34-26(4,5)6/h7-14,17,21,30H,15-16H2,1-6H3,(H,27,31)(H,28,33)/t21-/m0/s1. The molecule has 0 aliphatic carbocycles. The lowest BCUT2D eigenvalue weighted by atomic mass is 10.0. The van der Waals surface area contributed by atoms with Gasteiger partial charge in [0, 0.05) is 11.1 Å². The van der Waals surface area contributed by atoms with Crippen molar-refractivity contribution in [1.82, 2.24) is 15.8 Å². The summed E-state index contributed by atoms with van der Waals surface area (Å²) in [5.41, 5.74) is 3.29. The predicted molar refractivity (Wildman–Crippen MR) is 130 cm³/mol. The second-order valence-electron chi connectivity index (χ2n) is 9.63. The maximum Gasteiger partial charge on any atom is 0.426 e. The van der Waals surface area contributed by atoms with E-state index in [1.165, 1.54) is 11.1 Å². The van der Waals surface area contributed by atoms with Crippen molar-refractivity contribution in [2.45, 2.75) is 66.2 Å². The van der Waals surface area contributed by atoms with E-state index in [1.54, 1.807) is 39.8 Å². The van der Waals surface area contributed by atoms with Gasteiger partial charge < -0.3 is 15.2 Å². The van der Waals surface area contributed by atoms with Crippen LogP contribution < -0.4 is 10.7 Å². The van der Waals surface area contributed by atoms with Crippen LogP contribution in [0.3, 0.4) is 0 Å². The summed E-state index contributed by atoms with van der Waals surface area (Å²) in [6.07, 6.45) is -0.417. The van der Waals surface area contributed by atoms with E-state index in [0.29, 0.717) is 12.0 Å². The number of hydrazine groups is 1. The molecule has 34 heavy (non-hydrogen) atoms. The van der Waals surface area contributed by atoms with Crippen molar-refractivity contribution in [2.24, 2.45) is 5.92 Å². The molecule has 0 aliphatic heterocycles. The van der Waals surface area contributed by atoms with E-state index in [-0.39, 0.29) is 23.8 Å². The van der Waals surface area contributed by atoms with Crippen LogP contribution in [0.4, 0.5) is 4.79 Å². The van der Waals surface area contributed by atoms with Crippen molar-refractivity contribution < 1.29 is 24.2 Å². The minimum atomic E-state index is -0.909. The highest BCUT2D eigenvalue weighted by molar-refractivity contribution is 5.99. The summed E-state index contributed by atoms with van der Waals surface area (Å²) < 4.78 is 5.34. The van der Waals surface area contributed by atoms with Crippen molar-refractivity contribution in [2.75, 3.05) is 0 Å². The highest BCUT2D eigenvalue weighted by Crippen LogP contribution is 2.20. The predicted octanol–water partition coefficient (Wildman–Crippen LogP) is 4.31. The van der Waals surface area contributed by atoms with Crippen molar-refractivity contribution >= 4 is 17.9 Å². The van der Waals surface area contributed by atoms with Gasteiger partial charge in [0.25, 0.3) is 11.8 Å². The number of phenolic OH excluding ortho intramolecular Hbond substituents is 1. The Morgan fingerprint density at radius 1 is 1.03 bits per heavy atom. The molecule has 3 N–H and O–H groups in total. The van der Waals surface area contributed by atoms with Crippen LogP contribution in [0.5, 0.6) is 5.75 Å². The number of ether oxygens (including phenoxy) is 1. The van der Waals surface area contributed by atoms with E-state index in [2.05, 4.69) is 10.7 Å². The second-order valence-corrected chi connectivity index (χ2v) is 9.63. The summed E-state index contributed by atoms with van der Waals surface area (Å²) in [7, 11) is 0. The normalized spacial score (nSPS) is 12.1. The van der Waals surface area contributed by atoms with Crippen LogP contribution in [0, 0.1) is 12.8 Å². The highest BCUT2D eigenvalue weighted by Gasteiger charge is 2.30. The molecular formula is C26H35N3O5. The van der Waals surface area contributed by atoms with Crippen LogP contribution >= 0.6 is 0 Å². The van der Waals surface area contributed by atoms with E-state index in [1.807, 2.05) is 44.2 Å². The van der Waals surface area contributed by atoms with Gasteiger partial charge in [-0.1, -0.05) is 50.2 Å². The number of nitrogens with one attached hydrogen (secondary N) is 2. The number of carbonyl (C=O) groups excluding carboxylic acids is 3. The number of rotatable bonds is 7. The van der Waals surface area contributed by atoms with Gasteiger partial charge in [-0.05, 0) is 57.7 Å². The Hall–Kier alpha value is -3.55. The molecule has 0 heterocycles. The summed E-state index contributed by atoms with van der Waals surface area (Å²) in [5.74, 6) is -0.879. The summed E-state index contributed by atoms with van der Waals surface area (Å²) in [6, 6.07) is 12.9. The zero-order valence-electron chi connectivity index (χ0n) is 20.7. The fourth-order valence-electron chi connectivity index (χ4n) is 3.34. The third-order valence-electron chi connectivity index (χ3n) is 4.94. The van der Waals surface area contributed by atoms with Crippen LogP contribution in [0.25, 0.3) is 0 Å². The monoisotopic (exact) mass is 469 g/mol. The molecule has 184 valence electrons. The first-order valence-electron chi connectivity index (χ1n) is 11.3. The maximum absolute atomic E-state index is 13.6. The van der Waals surface area contributed by atoms with Crippen LogP contribution in [0.15, 0.2) is 48.5 Å². The molecule has 0 radical (unpaired) electrons. The molecule has 0 saturated carbocycles. The second kappa shape index (κ2) is 11.5. The van der Waals surface area contributed by atoms with Crippen molar-refractivity contribution in [3.8, 4) is 5.75 Å². The van der Waals surface area contributed by atoms with E-state index in [0.717, 1.165) is 5.56 Å². The third-order valence-corrected chi connectivity index (χ3v) is 4.94. The minimum absolute atomic E-state index is 0.00307. The smallest absolute Gasteiger partial charge is 0.426 e. The first-order chi connectivity index (χ1) is 15.9. The van der Waals surface area contributed by atoms with E-state index < -0.39 is 29.6 Å². The van der Waals surface area contributed by atoms with E-state index in [4.69, 9.17) is 4.74 Å². The minimum Gasteiger partial charge on any atom is -0.508 e. The van der Waals surface area contributed by atoms with Crippen molar-refractivity contribution in [3.63, 3.8) is 0 Å². The molecule has 0 unspecified atom stereocenters. The molecule has 0 fully saturated rings. The number of hydrogen-bond donors (Lipinski definition) is 3. The number of phenols is 1. The lowest BCUT2D eigenvalue weighted by molar-refractivity contribution is -0.137. The molecule has 0 aromatic heterocycles. The molecule has 2 aromatic rings. The highest BCUT2D eigenvalue weighted by atomic mass is 16.6. The molecule has 8 heteroatoms. The molecule has 3 amide bonds. The largest absolute Gasteiger partial charge is 0.508 e. The topological polar surface area (TPSA) is 108 Å². The van der Waals surface area contributed by atoms with Gasteiger partial charge in [-0.15, -0.1) is 0 Å². The number of aromatic hydroxyl groups is 1. The first kappa shape index (κ1) is 26.7. The Morgan fingerprint density at radius 3 is 2.26 bits per heavy atom. The summed E-state index contributed by atoms with van der Waals surface area (Å²) >= 11 is 0. The quantitative estimate of drug-likeness (QED) is 0.524. The Balaban J connectivity index is 2.31. The van der Waals surface area contributed by atoms with Gasteiger partial charge in [-0.3, -0.25) is 9.59 Å². The van der Waals surface area contributed by atoms with Crippen LogP contribution in [-0.4, -0.2) is 39.7 Å². The van der Waals surface area contributed by atoms with Gasteiger partial charge in [-0.25, -0.2) is 15.2 Å². The van der Waals surface area contributed by atoms with Crippen LogP contribution in [0.1, 0.15) is 62.5 Å². The van der Waals surface area contributed by atoms with Crippen molar-refractivity contribution in [1.29, 1.82) is 0 Å². The molecule has 8 nitrogen and oxygen atoms in total. The van der Waals surface area contributed by atoms with E-state index >= 15 is 0 Å². The molecule has 0 aliphatic rings. The number of benzene rings is 2. The van der Waals surface area contributed by atoms with Crippen LogP contribution in [0.2, 0.25) is 0 Å². The fourth-order valence-corrected chi connectivity index (χ4v) is 3.34. The lowest BCUT2D eigenvalue weighted by Crippen LogP contribution is -2.55. The molecule has 2 aromatic carbocycles. The average Bonchev–Trinajstić information content (AvgIpc) is 2.73. The van der Waals surface area contributed by atoms with Gasteiger partial charge in [0.15, 0.2) is 0 Å². The third kappa shape index (κ3) is 8.10. The first-order valence-corrected chi connectivity index (χ1v) is 11.3. The molecule has 1 atom stereocenters. The Morgan fingerprint density at radius 2 is 1.68 bits per heavy atom. The van der Waals surface area contributed by atoms with Gasteiger partial charge in [-0.2, -0.15) is 0 Å². The van der Waals surface area contributed by atoms with E-state index in [9.17, 15) is 19.5 Å². The summed E-state index contributed by atoms with van der Waals surface area (Å²) in [4.78, 5) is 39.1. The molecular weight excluding hydrogens is 434 g/mol. The number of carbonyl (C=O) groups is 3. The number of amides is 3. The number of hydrogen-bond acceptors (Lipinski definition) is 5. The zero-order chi connectivity index (χ0) is 25.5. The number of nitrogens with zero attached hydrogens (tertiary/aromatic N) is 1. The molecule has 0 spiro atoms. The Labute approximate surface area is 201 Å². The van der Waals surface area contributed by atoms with Gasteiger partial charge >= 0.3 is 6.09 Å². The van der Waals surface area contributed by atoms with Gasteiger partial charge in [0.2, 0.25) is 0 Å². The zero-order valence-corrected chi connectivity index (χ0v) is 20.7. The lowest BCUT2D eigenvalue weighted by Gasteiger charge is -2.30.